The molecule has 0 saturated heterocycles. The Hall–Kier alpha value is -1.57. The molecule has 0 saturated carbocycles. The molecule has 1 rings (SSSR count). The minimum atomic E-state index is 0.290. The Morgan fingerprint density at radius 1 is 1.35 bits per heavy atom. The Morgan fingerprint density at radius 2 is 2.00 bits per heavy atom. The molecule has 0 spiro atoms. The van der Waals surface area contributed by atoms with Gasteiger partial charge >= 0.3 is 0 Å². The zero-order valence-corrected chi connectivity index (χ0v) is 11.5. The number of hydrogen-bond donors (Lipinski definition) is 1. The fourth-order valence-electron chi connectivity index (χ4n) is 1.82. The number of nitrogens with one attached hydrogen (secondary N) is 1. The first-order valence-electron chi connectivity index (χ1n) is 5.98. The minimum Gasteiger partial charge on any atom is -0.386 e. The summed E-state index contributed by atoms with van der Waals surface area (Å²) in [7, 11) is 1.93. The van der Waals surface area contributed by atoms with Crippen LogP contribution in [0.25, 0.3) is 5.57 Å². The van der Waals surface area contributed by atoms with Gasteiger partial charge in [0.1, 0.15) is 0 Å². The molecule has 0 aliphatic carbocycles. The molecule has 0 aliphatic rings. The van der Waals surface area contributed by atoms with Crippen molar-refractivity contribution in [1.82, 2.24) is 0 Å². The standard InChI is InChI=1S/C15H22N2/c1-10(2)13-7-8-14(17-11(3)4)15(16-6)9-12(13)5/h7-9,11H,1H2,2-6H3,(H,16,17). The van der Waals surface area contributed by atoms with Gasteiger partial charge in [0, 0.05) is 13.1 Å². The van der Waals surface area contributed by atoms with E-state index in [2.05, 4.69) is 55.9 Å². The van der Waals surface area contributed by atoms with E-state index in [-0.39, 0.29) is 6.04 Å². The van der Waals surface area contributed by atoms with Crippen LogP contribution in [-0.4, -0.2) is 13.1 Å². The number of nitrogens with zero attached hydrogens (tertiary/aromatic N) is 1. The van der Waals surface area contributed by atoms with E-state index < -0.39 is 0 Å². The van der Waals surface area contributed by atoms with E-state index in [1.165, 1.54) is 11.1 Å². The molecule has 0 amide bonds. The molecule has 2 heteroatoms. The second-order valence-corrected chi connectivity index (χ2v) is 4.63. The topological polar surface area (TPSA) is 24.4 Å². The molecule has 2 nitrogen and oxygen atoms in total. The lowest BCUT2D eigenvalue weighted by molar-refractivity contribution is 0.806. The summed E-state index contributed by atoms with van der Waals surface area (Å²) in [5, 5.41) is 4.20. The number of allylic oxidation sites excluding steroid dienone is 1. The summed E-state index contributed by atoms with van der Waals surface area (Å²) >= 11 is 0. The second kappa shape index (κ2) is 5.67. The SMILES string of the molecule is C=C(C)c1ccc(=NC(C)C)c(NC)cc1C. The number of aryl methyl sites for hydroxylation is 1. The predicted octanol–water partition coefficient (Wildman–Crippen LogP) is 3.38. The smallest absolute Gasteiger partial charge is 0.0809 e. The summed E-state index contributed by atoms with van der Waals surface area (Å²) in [5.41, 5.74) is 4.54. The molecule has 1 aromatic rings. The summed E-state index contributed by atoms with van der Waals surface area (Å²) < 4.78 is 0. The molecule has 1 N–H and O–H groups in total. The summed E-state index contributed by atoms with van der Waals surface area (Å²) in [4.78, 5) is 4.62. The van der Waals surface area contributed by atoms with Crippen molar-refractivity contribution >= 4 is 11.3 Å². The van der Waals surface area contributed by atoms with Crippen LogP contribution in [0.2, 0.25) is 0 Å². The van der Waals surface area contributed by atoms with Gasteiger partial charge in [0.2, 0.25) is 0 Å². The molecule has 17 heavy (non-hydrogen) atoms. The Kier molecular flexibility index (Phi) is 4.50. The van der Waals surface area contributed by atoms with Crippen LogP contribution >= 0.6 is 0 Å². The van der Waals surface area contributed by atoms with Crippen molar-refractivity contribution in [3.05, 3.63) is 41.3 Å². The second-order valence-electron chi connectivity index (χ2n) is 4.63. The Labute approximate surface area is 104 Å². The van der Waals surface area contributed by atoms with Crippen LogP contribution in [0.3, 0.4) is 0 Å². The van der Waals surface area contributed by atoms with Gasteiger partial charge in [-0.2, -0.15) is 0 Å². The fourth-order valence-corrected chi connectivity index (χ4v) is 1.82. The van der Waals surface area contributed by atoms with Crippen molar-refractivity contribution < 1.29 is 0 Å². The monoisotopic (exact) mass is 230 g/mol. The van der Waals surface area contributed by atoms with Gasteiger partial charge in [0.15, 0.2) is 0 Å². The van der Waals surface area contributed by atoms with Crippen LogP contribution in [0, 0.1) is 6.92 Å². The third-order valence-corrected chi connectivity index (χ3v) is 2.60. The average Bonchev–Trinajstić information content (AvgIpc) is 2.37. The van der Waals surface area contributed by atoms with Gasteiger partial charge in [0.05, 0.1) is 11.0 Å². The maximum absolute atomic E-state index is 4.62. The van der Waals surface area contributed by atoms with E-state index in [1.807, 2.05) is 14.0 Å². The molecule has 0 atom stereocenters. The van der Waals surface area contributed by atoms with Gasteiger partial charge in [-0.3, -0.25) is 4.99 Å². The minimum absolute atomic E-state index is 0.290. The lowest BCUT2D eigenvalue weighted by atomic mass is 10.1. The zero-order chi connectivity index (χ0) is 13.0. The van der Waals surface area contributed by atoms with Crippen molar-refractivity contribution in [3.63, 3.8) is 0 Å². The number of anilines is 1. The first-order chi connectivity index (χ1) is 7.95. The van der Waals surface area contributed by atoms with Gasteiger partial charge in [-0.1, -0.05) is 18.2 Å². The lowest BCUT2D eigenvalue weighted by Crippen LogP contribution is -2.09. The largest absolute Gasteiger partial charge is 0.386 e. The first-order valence-corrected chi connectivity index (χ1v) is 5.98. The third-order valence-electron chi connectivity index (χ3n) is 2.60. The van der Waals surface area contributed by atoms with Crippen molar-refractivity contribution in [2.24, 2.45) is 4.99 Å². The predicted molar refractivity (Wildman–Crippen MR) is 76.1 cm³/mol. The van der Waals surface area contributed by atoms with Gasteiger partial charge in [-0.25, -0.2) is 0 Å². The van der Waals surface area contributed by atoms with Gasteiger partial charge in [0.25, 0.3) is 0 Å². The Morgan fingerprint density at radius 3 is 2.47 bits per heavy atom. The summed E-state index contributed by atoms with van der Waals surface area (Å²) in [6.45, 7) is 12.3. The van der Waals surface area contributed by atoms with E-state index in [1.54, 1.807) is 0 Å². The zero-order valence-electron chi connectivity index (χ0n) is 11.5. The Bertz CT molecular complexity index is 485. The molecule has 0 aliphatic heterocycles. The maximum atomic E-state index is 4.62. The molecule has 0 aromatic heterocycles. The highest BCUT2D eigenvalue weighted by Crippen LogP contribution is 2.16. The maximum Gasteiger partial charge on any atom is 0.0809 e. The van der Waals surface area contributed by atoms with Crippen LogP contribution in [0.1, 0.15) is 31.9 Å². The van der Waals surface area contributed by atoms with Crippen LogP contribution in [0.15, 0.2) is 29.8 Å². The molecule has 1 aromatic carbocycles. The van der Waals surface area contributed by atoms with Crippen molar-refractivity contribution in [2.45, 2.75) is 33.7 Å². The molecular weight excluding hydrogens is 208 g/mol. The van der Waals surface area contributed by atoms with Crippen molar-refractivity contribution in [1.29, 1.82) is 0 Å². The van der Waals surface area contributed by atoms with Crippen molar-refractivity contribution in [3.8, 4) is 0 Å². The molecule has 0 heterocycles. The first kappa shape index (κ1) is 13.5. The highest BCUT2D eigenvalue weighted by atomic mass is 14.9. The molecule has 0 bridgehead atoms. The Balaban J connectivity index is 3.56. The van der Waals surface area contributed by atoms with Gasteiger partial charge in [-0.05, 0) is 51.0 Å². The van der Waals surface area contributed by atoms with Gasteiger partial charge < -0.3 is 5.32 Å². The van der Waals surface area contributed by atoms with E-state index >= 15 is 0 Å². The normalized spacial score (nSPS) is 11.8. The number of rotatable bonds is 3. The molecule has 0 unspecified atom stereocenters. The molecule has 92 valence electrons. The van der Waals surface area contributed by atoms with E-state index in [0.29, 0.717) is 0 Å². The summed E-state index contributed by atoms with van der Waals surface area (Å²) in [6, 6.07) is 6.58. The average molecular weight is 230 g/mol. The highest BCUT2D eigenvalue weighted by Gasteiger charge is 2.00. The van der Waals surface area contributed by atoms with Crippen LogP contribution in [-0.2, 0) is 0 Å². The van der Waals surface area contributed by atoms with Gasteiger partial charge in [-0.15, -0.1) is 0 Å². The van der Waals surface area contributed by atoms with Crippen molar-refractivity contribution in [2.75, 3.05) is 12.4 Å². The van der Waals surface area contributed by atoms with Crippen LogP contribution in [0.5, 0.6) is 0 Å². The summed E-state index contributed by atoms with van der Waals surface area (Å²) in [6.07, 6.45) is 0. The lowest BCUT2D eigenvalue weighted by Gasteiger charge is -2.01. The summed E-state index contributed by atoms with van der Waals surface area (Å²) in [5.74, 6) is 0. The highest BCUT2D eigenvalue weighted by molar-refractivity contribution is 5.65. The number of hydrogen-bond acceptors (Lipinski definition) is 2. The van der Waals surface area contributed by atoms with E-state index in [4.69, 9.17) is 0 Å². The molecule has 0 fully saturated rings. The van der Waals surface area contributed by atoms with Crippen LogP contribution < -0.4 is 10.7 Å². The molecule has 0 radical (unpaired) electrons. The third kappa shape index (κ3) is 3.45. The van der Waals surface area contributed by atoms with E-state index in [0.717, 1.165) is 16.6 Å². The van der Waals surface area contributed by atoms with Crippen LogP contribution in [0.4, 0.5) is 5.69 Å². The van der Waals surface area contributed by atoms with E-state index in [9.17, 15) is 0 Å². The molecular formula is C15H22N2. The fraction of sp³-hybridized carbons (Fsp3) is 0.400. The quantitative estimate of drug-likeness (QED) is 0.845.